The number of methoxy groups -OCH3 is 2. The first-order valence-electron chi connectivity index (χ1n) is 5.25. The van der Waals surface area contributed by atoms with Gasteiger partial charge in [-0.2, -0.15) is 0 Å². The number of hydrogen-bond acceptors (Lipinski definition) is 3. The molecule has 82 valence electrons. The van der Waals surface area contributed by atoms with Gasteiger partial charge in [0.05, 0.1) is 19.3 Å². The van der Waals surface area contributed by atoms with Crippen LogP contribution in [0.3, 0.4) is 0 Å². The van der Waals surface area contributed by atoms with Gasteiger partial charge in [-0.3, -0.25) is 0 Å². The Morgan fingerprint density at radius 2 is 2.20 bits per heavy atom. The number of ether oxygens (including phenoxy) is 2. The lowest BCUT2D eigenvalue weighted by atomic mass is 10.0. The highest BCUT2D eigenvalue weighted by molar-refractivity contribution is 5.31. The third-order valence-electron chi connectivity index (χ3n) is 2.92. The first-order valence-corrected chi connectivity index (χ1v) is 5.25. The third kappa shape index (κ3) is 2.13. The van der Waals surface area contributed by atoms with E-state index in [1.807, 2.05) is 12.1 Å². The molecule has 2 unspecified atom stereocenters. The second-order valence-corrected chi connectivity index (χ2v) is 3.77. The van der Waals surface area contributed by atoms with E-state index >= 15 is 0 Å². The zero-order chi connectivity index (χ0) is 10.7. The van der Waals surface area contributed by atoms with Gasteiger partial charge in [0.15, 0.2) is 0 Å². The maximum absolute atomic E-state index is 5.45. The average Bonchev–Trinajstić information content (AvgIpc) is 2.77. The molecule has 0 spiro atoms. The molecule has 1 aliphatic rings. The van der Waals surface area contributed by atoms with Crippen LogP contribution in [0, 0.1) is 0 Å². The molecule has 1 heterocycles. The molecule has 2 atom stereocenters. The minimum atomic E-state index is 0.275. The molecule has 0 bridgehead atoms. The van der Waals surface area contributed by atoms with Crippen LogP contribution in [0.2, 0.25) is 0 Å². The molecule has 0 saturated carbocycles. The van der Waals surface area contributed by atoms with Crippen molar-refractivity contribution in [2.75, 3.05) is 20.8 Å². The molecule has 3 nitrogen and oxygen atoms in total. The van der Waals surface area contributed by atoms with E-state index in [-0.39, 0.29) is 6.10 Å². The second kappa shape index (κ2) is 4.64. The Balaban J connectivity index is 2.20. The predicted octanol–water partition coefficient (Wildman–Crippen LogP) is 1.74. The van der Waals surface area contributed by atoms with Crippen LogP contribution >= 0.6 is 0 Å². The lowest BCUT2D eigenvalue weighted by molar-refractivity contribution is 0.0919. The van der Waals surface area contributed by atoms with Gasteiger partial charge in [-0.1, -0.05) is 12.1 Å². The summed E-state index contributed by atoms with van der Waals surface area (Å²) in [6, 6.07) is 8.44. The minimum Gasteiger partial charge on any atom is -0.497 e. The summed E-state index contributed by atoms with van der Waals surface area (Å²) >= 11 is 0. The number of nitrogens with one attached hydrogen (secondary N) is 1. The molecule has 0 radical (unpaired) electrons. The fourth-order valence-electron chi connectivity index (χ4n) is 2.10. The van der Waals surface area contributed by atoms with Crippen molar-refractivity contribution in [3.05, 3.63) is 29.8 Å². The van der Waals surface area contributed by atoms with Crippen molar-refractivity contribution in [3.8, 4) is 5.75 Å². The van der Waals surface area contributed by atoms with Crippen LogP contribution in [-0.4, -0.2) is 26.9 Å². The highest BCUT2D eigenvalue weighted by Gasteiger charge is 2.27. The largest absolute Gasteiger partial charge is 0.497 e. The lowest BCUT2D eigenvalue weighted by Gasteiger charge is -2.18. The van der Waals surface area contributed by atoms with Crippen LogP contribution in [0.25, 0.3) is 0 Å². The molecule has 1 saturated heterocycles. The smallest absolute Gasteiger partial charge is 0.119 e. The van der Waals surface area contributed by atoms with Crippen LogP contribution < -0.4 is 10.1 Å². The zero-order valence-corrected chi connectivity index (χ0v) is 9.19. The maximum atomic E-state index is 5.45. The van der Waals surface area contributed by atoms with E-state index in [2.05, 4.69) is 17.4 Å². The van der Waals surface area contributed by atoms with Crippen LogP contribution in [-0.2, 0) is 4.74 Å². The van der Waals surface area contributed by atoms with Gasteiger partial charge < -0.3 is 14.8 Å². The van der Waals surface area contributed by atoms with Crippen LogP contribution in [0.4, 0.5) is 0 Å². The average molecular weight is 207 g/mol. The number of benzene rings is 1. The molecular weight excluding hydrogens is 190 g/mol. The Bertz CT molecular complexity index is 327. The summed E-state index contributed by atoms with van der Waals surface area (Å²) in [7, 11) is 3.46. The minimum absolute atomic E-state index is 0.275. The predicted molar refractivity (Wildman–Crippen MR) is 59.2 cm³/mol. The van der Waals surface area contributed by atoms with Crippen LogP contribution in [0.5, 0.6) is 5.75 Å². The first-order chi connectivity index (χ1) is 7.35. The molecule has 1 aromatic carbocycles. The zero-order valence-electron chi connectivity index (χ0n) is 9.19. The molecule has 1 N–H and O–H groups in total. The SMILES string of the molecule is COc1cccc(C2NCCC2OC)c1. The summed E-state index contributed by atoms with van der Waals surface area (Å²) < 4.78 is 10.7. The third-order valence-corrected chi connectivity index (χ3v) is 2.92. The van der Waals surface area contributed by atoms with Gasteiger partial charge in [-0.25, -0.2) is 0 Å². The van der Waals surface area contributed by atoms with Gasteiger partial charge in [0, 0.05) is 7.11 Å². The van der Waals surface area contributed by atoms with Crippen molar-refractivity contribution >= 4 is 0 Å². The topological polar surface area (TPSA) is 30.5 Å². The summed E-state index contributed by atoms with van der Waals surface area (Å²) in [6.07, 6.45) is 1.34. The van der Waals surface area contributed by atoms with Gasteiger partial charge in [0.1, 0.15) is 5.75 Å². The van der Waals surface area contributed by atoms with Gasteiger partial charge >= 0.3 is 0 Å². The van der Waals surface area contributed by atoms with Crippen molar-refractivity contribution in [2.24, 2.45) is 0 Å². The molecule has 3 heteroatoms. The molecule has 1 fully saturated rings. The van der Waals surface area contributed by atoms with Crippen molar-refractivity contribution in [1.82, 2.24) is 5.32 Å². The summed E-state index contributed by atoms with van der Waals surface area (Å²) in [4.78, 5) is 0. The van der Waals surface area contributed by atoms with Crippen molar-refractivity contribution in [2.45, 2.75) is 18.6 Å². The maximum Gasteiger partial charge on any atom is 0.119 e. The summed E-state index contributed by atoms with van der Waals surface area (Å²) in [5.74, 6) is 0.899. The van der Waals surface area contributed by atoms with Crippen molar-refractivity contribution < 1.29 is 9.47 Å². The Labute approximate surface area is 90.4 Å². The van der Waals surface area contributed by atoms with Crippen LogP contribution in [0.1, 0.15) is 18.0 Å². The first kappa shape index (κ1) is 10.5. The van der Waals surface area contributed by atoms with E-state index in [0.717, 1.165) is 18.7 Å². The van der Waals surface area contributed by atoms with Gasteiger partial charge in [-0.05, 0) is 30.7 Å². The molecule has 1 aliphatic heterocycles. The quantitative estimate of drug-likeness (QED) is 0.819. The summed E-state index contributed by atoms with van der Waals surface area (Å²) in [6.45, 7) is 1.01. The fourth-order valence-corrected chi connectivity index (χ4v) is 2.10. The van der Waals surface area contributed by atoms with Crippen molar-refractivity contribution in [3.63, 3.8) is 0 Å². The Kier molecular flexibility index (Phi) is 3.23. The standard InChI is InChI=1S/C12H17NO2/c1-14-10-5-3-4-9(8-10)12-11(15-2)6-7-13-12/h3-5,8,11-13H,6-7H2,1-2H3. The normalized spacial score (nSPS) is 25.5. The molecule has 0 aromatic heterocycles. The Morgan fingerprint density at radius 3 is 2.93 bits per heavy atom. The number of rotatable bonds is 3. The van der Waals surface area contributed by atoms with E-state index in [4.69, 9.17) is 9.47 Å². The van der Waals surface area contributed by atoms with E-state index in [1.165, 1.54) is 5.56 Å². The highest BCUT2D eigenvalue weighted by atomic mass is 16.5. The highest BCUT2D eigenvalue weighted by Crippen LogP contribution is 2.27. The summed E-state index contributed by atoms with van der Waals surface area (Å²) in [5.41, 5.74) is 1.23. The van der Waals surface area contributed by atoms with E-state index < -0.39 is 0 Å². The Morgan fingerprint density at radius 1 is 1.33 bits per heavy atom. The van der Waals surface area contributed by atoms with Gasteiger partial charge in [0.25, 0.3) is 0 Å². The van der Waals surface area contributed by atoms with Gasteiger partial charge in [0.2, 0.25) is 0 Å². The van der Waals surface area contributed by atoms with E-state index in [1.54, 1.807) is 14.2 Å². The second-order valence-electron chi connectivity index (χ2n) is 3.77. The fraction of sp³-hybridized carbons (Fsp3) is 0.500. The molecular formula is C12H17NO2. The molecule has 0 aliphatic carbocycles. The molecule has 1 aromatic rings. The lowest BCUT2D eigenvalue weighted by Crippen LogP contribution is -2.22. The molecule has 2 rings (SSSR count). The van der Waals surface area contributed by atoms with E-state index in [0.29, 0.717) is 6.04 Å². The van der Waals surface area contributed by atoms with Crippen LogP contribution in [0.15, 0.2) is 24.3 Å². The molecule has 15 heavy (non-hydrogen) atoms. The molecule has 0 amide bonds. The monoisotopic (exact) mass is 207 g/mol. The Hall–Kier alpha value is -1.06. The summed E-state index contributed by atoms with van der Waals surface area (Å²) in [5, 5.41) is 3.44. The van der Waals surface area contributed by atoms with Crippen molar-refractivity contribution in [1.29, 1.82) is 0 Å². The number of hydrogen-bond donors (Lipinski definition) is 1. The van der Waals surface area contributed by atoms with E-state index in [9.17, 15) is 0 Å². The van der Waals surface area contributed by atoms with Gasteiger partial charge in [-0.15, -0.1) is 0 Å².